The molecule has 1 N–H and O–H groups in total. The fourth-order valence-electron chi connectivity index (χ4n) is 2.08. The Balaban J connectivity index is 1.97. The third-order valence-corrected chi connectivity index (χ3v) is 3.69. The Hall–Kier alpha value is -0.930. The van der Waals surface area contributed by atoms with Gasteiger partial charge in [-0.2, -0.15) is 0 Å². The predicted molar refractivity (Wildman–Crippen MR) is 83.5 cm³/mol. The highest BCUT2D eigenvalue weighted by Gasteiger charge is 2.17. The molecule has 0 aromatic heterocycles. The molecule has 0 aliphatic carbocycles. The van der Waals surface area contributed by atoms with Crippen molar-refractivity contribution >= 4 is 34.8 Å². The molecule has 0 bridgehead atoms. The Morgan fingerprint density at radius 1 is 1.32 bits per heavy atom. The maximum absolute atomic E-state index is 6.16. The van der Waals surface area contributed by atoms with E-state index in [1.165, 1.54) is 19.3 Å². The third kappa shape index (κ3) is 4.02. The van der Waals surface area contributed by atoms with Gasteiger partial charge in [-0.3, -0.25) is 4.99 Å². The number of unbranched alkanes of at least 4 members (excludes halogenated alkanes) is 2. The van der Waals surface area contributed by atoms with Crippen LogP contribution in [-0.4, -0.2) is 30.5 Å². The molecule has 0 fully saturated rings. The van der Waals surface area contributed by atoms with Crippen LogP contribution in [0, 0.1) is 0 Å². The summed E-state index contributed by atoms with van der Waals surface area (Å²) in [6.07, 6.45) is 3.69. The van der Waals surface area contributed by atoms with Crippen LogP contribution in [0.15, 0.2) is 23.2 Å². The Labute approximate surface area is 124 Å². The molecule has 19 heavy (non-hydrogen) atoms. The molecule has 0 atom stereocenters. The van der Waals surface area contributed by atoms with Crippen LogP contribution in [0.3, 0.4) is 0 Å². The van der Waals surface area contributed by atoms with Gasteiger partial charge in [-0.05, 0) is 24.6 Å². The van der Waals surface area contributed by atoms with Gasteiger partial charge in [0.15, 0.2) is 5.96 Å². The van der Waals surface area contributed by atoms with E-state index in [1.807, 2.05) is 12.1 Å². The van der Waals surface area contributed by atoms with Crippen LogP contribution < -0.4 is 5.32 Å². The molecular weight excluding hydrogens is 281 g/mol. The van der Waals surface area contributed by atoms with Gasteiger partial charge in [0.25, 0.3) is 0 Å². The van der Waals surface area contributed by atoms with E-state index in [0.717, 1.165) is 31.3 Å². The summed E-state index contributed by atoms with van der Waals surface area (Å²) >= 11 is 12.1. The smallest absolute Gasteiger partial charge is 0.198 e. The number of aliphatic imine (C=N–C) groups is 1. The Kier molecular flexibility index (Phi) is 5.34. The van der Waals surface area contributed by atoms with Crippen molar-refractivity contribution in [2.75, 3.05) is 25.0 Å². The lowest BCUT2D eigenvalue weighted by molar-refractivity contribution is 0.436. The summed E-state index contributed by atoms with van der Waals surface area (Å²) in [5.74, 6) is 0.917. The lowest BCUT2D eigenvalue weighted by Gasteiger charge is -2.21. The quantitative estimate of drug-likeness (QED) is 0.822. The average molecular weight is 300 g/mol. The van der Waals surface area contributed by atoms with E-state index in [1.54, 1.807) is 6.07 Å². The minimum atomic E-state index is 0.621. The van der Waals surface area contributed by atoms with Crippen LogP contribution in [0.25, 0.3) is 0 Å². The molecule has 1 aromatic rings. The number of nitrogens with zero attached hydrogens (tertiary/aromatic N) is 2. The number of nitrogens with one attached hydrogen (secondary N) is 1. The van der Waals surface area contributed by atoms with E-state index in [4.69, 9.17) is 23.2 Å². The summed E-state index contributed by atoms with van der Waals surface area (Å²) in [6.45, 7) is 5.09. The molecule has 0 amide bonds. The van der Waals surface area contributed by atoms with Gasteiger partial charge in [0.2, 0.25) is 0 Å². The van der Waals surface area contributed by atoms with Crippen LogP contribution in [-0.2, 0) is 0 Å². The Bertz CT molecular complexity index is 460. The fraction of sp³-hybridized carbons (Fsp3) is 0.500. The van der Waals surface area contributed by atoms with Crippen molar-refractivity contribution in [2.45, 2.75) is 26.2 Å². The molecule has 0 saturated carbocycles. The molecule has 3 nitrogen and oxygen atoms in total. The van der Waals surface area contributed by atoms with Gasteiger partial charge in [0, 0.05) is 18.1 Å². The number of halogens is 2. The molecule has 104 valence electrons. The Morgan fingerprint density at radius 3 is 2.89 bits per heavy atom. The van der Waals surface area contributed by atoms with E-state index in [-0.39, 0.29) is 0 Å². The Morgan fingerprint density at radius 2 is 2.16 bits per heavy atom. The van der Waals surface area contributed by atoms with Crippen LogP contribution in [0.1, 0.15) is 26.2 Å². The molecule has 1 aromatic carbocycles. The molecule has 0 unspecified atom stereocenters. The van der Waals surface area contributed by atoms with E-state index in [9.17, 15) is 0 Å². The second-order valence-electron chi connectivity index (χ2n) is 4.65. The van der Waals surface area contributed by atoms with Crippen molar-refractivity contribution in [3.05, 3.63) is 28.2 Å². The minimum Gasteiger partial charge on any atom is -0.341 e. The zero-order chi connectivity index (χ0) is 13.7. The van der Waals surface area contributed by atoms with Crippen molar-refractivity contribution in [2.24, 2.45) is 4.99 Å². The molecule has 1 heterocycles. The first kappa shape index (κ1) is 14.5. The molecule has 0 saturated heterocycles. The number of rotatable bonds is 5. The second-order valence-corrected chi connectivity index (χ2v) is 5.49. The summed E-state index contributed by atoms with van der Waals surface area (Å²) in [5, 5.41) is 4.56. The van der Waals surface area contributed by atoms with Crippen molar-refractivity contribution < 1.29 is 0 Å². The number of hydrogen-bond acceptors (Lipinski definition) is 3. The molecule has 1 aliphatic rings. The second kappa shape index (κ2) is 7.01. The van der Waals surface area contributed by atoms with E-state index >= 15 is 0 Å². The largest absolute Gasteiger partial charge is 0.341 e. The van der Waals surface area contributed by atoms with Crippen LogP contribution in [0.5, 0.6) is 0 Å². The first-order valence-corrected chi connectivity index (χ1v) is 7.47. The first-order chi connectivity index (χ1) is 9.20. The minimum absolute atomic E-state index is 0.621. The molecular formula is C14H19Cl2N3. The van der Waals surface area contributed by atoms with Crippen molar-refractivity contribution in [1.82, 2.24) is 4.90 Å². The molecule has 1 aliphatic heterocycles. The van der Waals surface area contributed by atoms with Gasteiger partial charge in [-0.1, -0.05) is 43.0 Å². The van der Waals surface area contributed by atoms with Gasteiger partial charge in [-0.15, -0.1) is 0 Å². The number of guanidine groups is 1. The average Bonchev–Trinajstić information content (AvgIpc) is 2.81. The van der Waals surface area contributed by atoms with Gasteiger partial charge in [-0.25, -0.2) is 0 Å². The normalized spacial score (nSPS) is 14.7. The lowest BCUT2D eigenvalue weighted by Crippen LogP contribution is -2.33. The molecule has 0 spiro atoms. The lowest BCUT2D eigenvalue weighted by atomic mass is 10.2. The van der Waals surface area contributed by atoms with Gasteiger partial charge in [0.05, 0.1) is 17.3 Å². The van der Waals surface area contributed by atoms with Gasteiger partial charge in [0.1, 0.15) is 0 Å². The number of benzene rings is 1. The topological polar surface area (TPSA) is 27.6 Å². The number of anilines is 1. The van der Waals surface area contributed by atoms with Gasteiger partial charge >= 0.3 is 0 Å². The van der Waals surface area contributed by atoms with Crippen molar-refractivity contribution in [3.8, 4) is 0 Å². The van der Waals surface area contributed by atoms with Crippen LogP contribution >= 0.6 is 23.2 Å². The zero-order valence-corrected chi connectivity index (χ0v) is 12.6. The maximum atomic E-state index is 6.16. The fourth-order valence-corrected chi connectivity index (χ4v) is 2.54. The molecule has 0 radical (unpaired) electrons. The van der Waals surface area contributed by atoms with Gasteiger partial charge < -0.3 is 10.2 Å². The number of hydrogen-bond donors (Lipinski definition) is 1. The summed E-state index contributed by atoms with van der Waals surface area (Å²) in [4.78, 5) is 6.77. The van der Waals surface area contributed by atoms with E-state index in [2.05, 4.69) is 22.1 Å². The predicted octanol–water partition coefficient (Wildman–Crippen LogP) is 4.27. The first-order valence-electron chi connectivity index (χ1n) is 6.72. The molecule has 2 rings (SSSR count). The highest BCUT2D eigenvalue weighted by atomic mass is 35.5. The highest BCUT2D eigenvalue weighted by Crippen LogP contribution is 2.26. The van der Waals surface area contributed by atoms with Crippen molar-refractivity contribution in [1.29, 1.82) is 0 Å². The summed E-state index contributed by atoms with van der Waals surface area (Å²) in [6, 6.07) is 5.45. The summed E-state index contributed by atoms with van der Waals surface area (Å²) in [5.41, 5.74) is 0.854. The van der Waals surface area contributed by atoms with E-state index in [0.29, 0.717) is 10.0 Å². The highest BCUT2D eigenvalue weighted by molar-refractivity contribution is 6.36. The van der Waals surface area contributed by atoms with Crippen molar-refractivity contribution in [3.63, 3.8) is 0 Å². The SMILES string of the molecule is CCCCCN1CCN=C1Nc1ccc(Cl)cc1Cl. The summed E-state index contributed by atoms with van der Waals surface area (Å²) in [7, 11) is 0. The van der Waals surface area contributed by atoms with E-state index < -0.39 is 0 Å². The van der Waals surface area contributed by atoms with Crippen LogP contribution in [0.4, 0.5) is 5.69 Å². The monoisotopic (exact) mass is 299 g/mol. The third-order valence-electron chi connectivity index (χ3n) is 3.14. The molecule has 5 heteroatoms. The summed E-state index contributed by atoms with van der Waals surface area (Å²) < 4.78 is 0. The maximum Gasteiger partial charge on any atom is 0.198 e. The van der Waals surface area contributed by atoms with Crippen LogP contribution in [0.2, 0.25) is 10.0 Å². The standard InChI is InChI=1S/C14H19Cl2N3/c1-2-3-4-8-19-9-7-17-14(19)18-13-6-5-11(15)10-12(13)16/h5-6,10H,2-4,7-9H2,1H3,(H,17,18). The zero-order valence-electron chi connectivity index (χ0n) is 11.1.